The highest BCUT2D eigenvalue weighted by molar-refractivity contribution is 14.1. The molecular formula is C11H15IN2O4S. The molecule has 0 fully saturated rings. The Kier molecular flexibility index (Phi) is 6.52. The minimum absolute atomic E-state index is 0.105. The summed E-state index contributed by atoms with van der Waals surface area (Å²) in [6, 6.07) is 1.36. The largest absolute Gasteiger partial charge is 0.465 e. The fourth-order valence-electron chi connectivity index (χ4n) is 1.42. The van der Waals surface area contributed by atoms with E-state index in [1.165, 1.54) is 23.3 Å². The molecule has 2 N–H and O–H groups in total. The molecule has 1 heterocycles. The Morgan fingerprint density at radius 1 is 1.58 bits per heavy atom. The van der Waals surface area contributed by atoms with Crippen molar-refractivity contribution in [2.45, 2.75) is 6.92 Å². The topological polar surface area (TPSA) is 78.9 Å². The zero-order chi connectivity index (χ0) is 14.4. The van der Waals surface area contributed by atoms with Gasteiger partial charge in [-0.15, -0.1) is 11.3 Å². The molecule has 0 saturated carbocycles. The molecule has 0 aromatic carbocycles. The molecule has 0 bridgehead atoms. The van der Waals surface area contributed by atoms with Crippen LogP contribution >= 0.6 is 33.9 Å². The van der Waals surface area contributed by atoms with E-state index >= 15 is 0 Å². The SMILES string of the molecule is CCN(CCO)C(=O)Nc1cc(I)sc1C(=O)OC. The van der Waals surface area contributed by atoms with Crippen molar-refractivity contribution >= 4 is 51.6 Å². The van der Waals surface area contributed by atoms with E-state index in [-0.39, 0.29) is 19.2 Å². The quantitative estimate of drug-likeness (QED) is 0.588. The average Bonchev–Trinajstić information content (AvgIpc) is 2.75. The van der Waals surface area contributed by atoms with E-state index in [1.54, 1.807) is 6.07 Å². The number of carbonyl (C=O) groups excluding carboxylic acids is 2. The second-order valence-electron chi connectivity index (χ2n) is 3.52. The first-order chi connectivity index (χ1) is 9.03. The first-order valence-electron chi connectivity index (χ1n) is 5.57. The first-order valence-corrected chi connectivity index (χ1v) is 7.47. The second kappa shape index (κ2) is 7.65. The molecule has 0 aliphatic rings. The number of urea groups is 1. The second-order valence-corrected chi connectivity index (χ2v) is 6.46. The molecular weight excluding hydrogens is 383 g/mol. The van der Waals surface area contributed by atoms with Gasteiger partial charge >= 0.3 is 12.0 Å². The van der Waals surface area contributed by atoms with Crippen molar-refractivity contribution in [3.63, 3.8) is 0 Å². The number of aliphatic hydroxyl groups excluding tert-OH is 1. The van der Waals surface area contributed by atoms with Crippen LogP contribution in [-0.2, 0) is 4.74 Å². The lowest BCUT2D eigenvalue weighted by atomic mass is 10.4. The summed E-state index contributed by atoms with van der Waals surface area (Å²) in [6.45, 7) is 2.43. The number of amides is 2. The summed E-state index contributed by atoms with van der Waals surface area (Å²) < 4.78 is 5.54. The van der Waals surface area contributed by atoms with E-state index in [2.05, 4.69) is 32.6 Å². The van der Waals surface area contributed by atoms with Crippen molar-refractivity contribution in [3.05, 3.63) is 13.8 Å². The number of hydrogen-bond acceptors (Lipinski definition) is 5. The fourth-order valence-corrected chi connectivity index (χ4v) is 3.15. The van der Waals surface area contributed by atoms with Gasteiger partial charge in [-0.05, 0) is 35.6 Å². The van der Waals surface area contributed by atoms with E-state index in [9.17, 15) is 9.59 Å². The normalized spacial score (nSPS) is 10.1. The lowest BCUT2D eigenvalue weighted by molar-refractivity contribution is 0.0607. The van der Waals surface area contributed by atoms with Crippen LogP contribution in [0, 0.1) is 2.88 Å². The Morgan fingerprint density at radius 2 is 2.26 bits per heavy atom. The highest BCUT2D eigenvalue weighted by Gasteiger charge is 2.19. The van der Waals surface area contributed by atoms with Gasteiger partial charge in [0, 0.05) is 13.1 Å². The maximum atomic E-state index is 12.0. The molecule has 0 unspecified atom stereocenters. The lowest BCUT2D eigenvalue weighted by Gasteiger charge is -2.20. The first kappa shape index (κ1) is 16.2. The number of hydrogen-bond donors (Lipinski definition) is 2. The summed E-state index contributed by atoms with van der Waals surface area (Å²) in [7, 11) is 1.30. The van der Waals surface area contributed by atoms with Crippen molar-refractivity contribution < 1.29 is 19.4 Å². The minimum atomic E-state index is -0.478. The van der Waals surface area contributed by atoms with Crippen LogP contribution in [0.2, 0.25) is 0 Å². The van der Waals surface area contributed by atoms with Crippen molar-refractivity contribution in [2.75, 3.05) is 32.1 Å². The number of carbonyl (C=O) groups is 2. The standard InChI is InChI=1S/C11H15IN2O4S/c1-3-14(4-5-15)11(17)13-7-6-8(12)19-9(7)10(16)18-2/h6,15H,3-5H2,1-2H3,(H,13,17). The molecule has 0 radical (unpaired) electrons. The van der Waals surface area contributed by atoms with Gasteiger partial charge in [-0.2, -0.15) is 0 Å². The van der Waals surface area contributed by atoms with E-state index in [0.717, 1.165) is 2.88 Å². The van der Waals surface area contributed by atoms with E-state index in [4.69, 9.17) is 5.11 Å². The van der Waals surface area contributed by atoms with Crippen molar-refractivity contribution in [1.29, 1.82) is 0 Å². The zero-order valence-corrected chi connectivity index (χ0v) is 13.6. The number of likely N-dealkylation sites (N-methyl/N-ethyl adjacent to an activating group) is 1. The van der Waals surface area contributed by atoms with Gasteiger partial charge in [-0.3, -0.25) is 0 Å². The molecule has 1 aromatic heterocycles. The number of esters is 1. The summed E-state index contributed by atoms with van der Waals surface area (Å²) in [4.78, 5) is 25.3. The molecule has 0 spiro atoms. The molecule has 0 saturated heterocycles. The highest BCUT2D eigenvalue weighted by atomic mass is 127. The van der Waals surface area contributed by atoms with Gasteiger partial charge in [0.25, 0.3) is 0 Å². The van der Waals surface area contributed by atoms with Crippen LogP contribution in [0.15, 0.2) is 6.07 Å². The number of aliphatic hydroxyl groups is 1. The summed E-state index contributed by atoms with van der Waals surface area (Å²) in [6.07, 6.45) is 0. The molecule has 6 nitrogen and oxygen atoms in total. The number of methoxy groups -OCH3 is 1. The highest BCUT2D eigenvalue weighted by Crippen LogP contribution is 2.29. The van der Waals surface area contributed by atoms with Crippen LogP contribution < -0.4 is 5.32 Å². The van der Waals surface area contributed by atoms with E-state index in [0.29, 0.717) is 17.1 Å². The number of anilines is 1. The monoisotopic (exact) mass is 398 g/mol. The third kappa shape index (κ3) is 4.32. The van der Waals surface area contributed by atoms with Crippen molar-refractivity contribution in [2.24, 2.45) is 0 Å². The Balaban J connectivity index is 2.86. The average molecular weight is 398 g/mol. The molecule has 1 aromatic rings. The minimum Gasteiger partial charge on any atom is -0.465 e. The van der Waals surface area contributed by atoms with Crippen LogP contribution in [-0.4, -0.2) is 48.8 Å². The number of rotatable bonds is 5. The molecule has 0 aliphatic heterocycles. The maximum absolute atomic E-state index is 12.0. The molecule has 0 aliphatic carbocycles. The van der Waals surface area contributed by atoms with Crippen LogP contribution in [0.25, 0.3) is 0 Å². The summed E-state index contributed by atoms with van der Waals surface area (Å²) in [5, 5.41) is 11.5. The van der Waals surface area contributed by atoms with Crippen LogP contribution in [0.3, 0.4) is 0 Å². The third-order valence-electron chi connectivity index (χ3n) is 2.35. The zero-order valence-electron chi connectivity index (χ0n) is 10.6. The number of nitrogens with one attached hydrogen (secondary N) is 1. The number of halogens is 1. The Labute approximate surface area is 128 Å². The molecule has 0 atom stereocenters. The Bertz CT molecular complexity index is 464. The molecule has 2 amide bonds. The van der Waals surface area contributed by atoms with Crippen molar-refractivity contribution in [3.8, 4) is 0 Å². The summed E-state index contributed by atoms with van der Waals surface area (Å²) >= 11 is 3.32. The maximum Gasteiger partial charge on any atom is 0.350 e. The summed E-state index contributed by atoms with van der Waals surface area (Å²) in [5.41, 5.74) is 0.433. The van der Waals surface area contributed by atoms with Gasteiger partial charge in [0.1, 0.15) is 4.88 Å². The third-order valence-corrected chi connectivity index (χ3v) is 4.23. The van der Waals surface area contributed by atoms with Crippen LogP contribution in [0.5, 0.6) is 0 Å². The van der Waals surface area contributed by atoms with Gasteiger partial charge in [-0.1, -0.05) is 0 Å². The van der Waals surface area contributed by atoms with Gasteiger partial charge in [0.2, 0.25) is 0 Å². The van der Waals surface area contributed by atoms with Crippen LogP contribution in [0.4, 0.5) is 10.5 Å². The number of thiophene rings is 1. The molecule has 106 valence electrons. The lowest BCUT2D eigenvalue weighted by Crippen LogP contribution is -2.37. The van der Waals surface area contributed by atoms with Crippen LogP contribution in [0.1, 0.15) is 16.6 Å². The Hall–Kier alpha value is -0.870. The Morgan fingerprint density at radius 3 is 2.79 bits per heavy atom. The van der Waals surface area contributed by atoms with E-state index < -0.39 is 5.97 Å². The van der Waals surface area contributed by atoms with Gasteiger partial charge < -0.3 is 20.1 Å². The van der Waals surface area contributed by atoms with Gasteiger partial charge in [0.05, 0.1) is 22.3 Å². The predicted molar refractivity (Wildman–Crippen MR) is 81.7 cm³/mol. The number of nitrogens with zero attached hydrogens (tertiary/aromatic N) is 1. The van der Waals surface area contributed by atoms with E-state index in [1.807, 2.05) is 6.92 Å². The molecule has 8 heteroatoms. The van der Waals surface area contributed by atoms with Gasteiger partial charge in [0.15, 0.2) is 0 Å². The molecule has 1 rings (SSSR count). The smallest absolute Gasteiger partial charge is 0.350 e. The fraction of sp³-hybridized carbons (Fsp3) is 0.455. The number of ether oxygens (including phenoxy) is 1. The predicted octanol–water partition coefficient (Wildman–Crippen LogP) is 1.99. The summed E-state index contributed by atoms with van der Waals surface area (Å²) in [5.74, 6) is -0.478. The van der Waals surface area contributed by atoms with Gasteiger partial charge in [-0.25, -0.2) is 9.59 Å². The van der Waals surface area contributed by atoms with Crippen molar-refractivity contribution in [1.82, 2.24) is 4.90 Å². The molecule has 19 heavy (non-hydrogen) atoms.